The van der Waals surface area contributed by atoms with Crippen molar-refractivity contribution in [3.8, 4) is 0 Å². The third-order valence-corrected chi connectivity index (χ3v) is 6.53. The summed E-state index contributed by atoms with van der Waals surface area (Å²) in [6.07, 6.45) is 4.98. The maximum atomic E-state index is 12.7. The molecule has 0 atom stereocenters. The number of benzene rings is 1. The molecule has 3 heterocycles. The Morgan fingerprint density at radius 1 is 1.19 bits per heavy atom. The summed E-state index contributed by atoms with van der Waals surface area (Å²) in [7, 11) is 0. The molecule has 3 aromatic rings. The molecule has 1 fully saturated rings. The van der Waals surface area contributed by atoms with Gasteiger partial charge in [-0.3, -0.25) is 4.79 Å². The molecule has 1 aliphatic heterocycles. The summed E-state index contributed by atoms with van der Waals surface area (Å²) in [6, 6.07) is 9.58. The number of carbonyl (C=O) groups is 2. The number of hydrogen-bond acceptors (Lipinski definition) is 3. The van der Waals surface area contributed by atoms with Crippen LogP contribution in [0.2, 0.25) is 0 Å². The van der Waals surface area contributed by atoms with Crippen LogP contribution >= 0.6 is 11.3 Å². The zero-order valence-electron chi connectivity index (χ0n) is 15.2. The van der Waals surface area contributed by atoms with Crippen LogP contribution in [0.4, 0.5) is 0 Å². The molecule has 4 rings (SSSR count). The summed E-state index contributed by atoms with van der Waals surface area (Å²) in [5.74, 6) is -0.602. The molecular formula is C21H22N2O3S. The Labute approximate surface area is 161 Å². The molecular weight excluding hydrogens is 360 g/mol. The van der Waals surface area contributed by atoms with E-state index < -0.39 is 5.97 Å². The fourth-order valence-corrected chi connectivity index (χ4v) is 4.80. The highest BCUT2D eigenvalue weighted by Crippen LogP contribution is 2.35. The number of H-pyrrole nitrogens is 1. The molecule has 27 heavy (non-hydrogen) atoms. The van der Waals surface area contributed by atoms with Gasteiger partial charge in [-0.2, -0.15) is 0 Å². The number of hydrogen-bond donors (Lipinski definition) is 2. The molecule has 2 aromatic heterocycles. The Kier molecular flexibility index (Phi) is 4.74. The summed E-state index contributed by atoms with van der Waals surface area (Å²) < 4.78 is 0. The molecule has 1 amide bonds. The predicted molar refractivity (Wildman–Crippen MR) is 107 cm³/mol. The highest BCUT2D eigenvalue weighted by atomic mass is 32.1. The van der Waals surface area contributed by atoms with Crippen molar-refractivity contribution in [2.24, 2.45) is 0 Å². The number of rotatable bonds is 4. The van der Waals surface area contributed by atoms with Gasteiger partial charge in [0.25, 0.3) is 5.91 Å². The molecule has 0 spiro atoms. The number of nitrogens with one attached hydrogen (secondary N) is 1. The van der Waals surface area contributed by atoms with Crippen molar-refractivity contribution in [3.05, 3.63) is 57.4 Å². The van der Waals surface area contributed by atoms with Gasteiger partial charge in [0.2, 0.25) is 0 Å². The fraction of sp³-hybridized carbons (Fsp3) is 0.333. The quantitative estimate of drug-likeness (QED) is 0.697. The average Bonchev–Trinajstić information content (AvgIpc) is 3.35. The van der Waals surface area contributed by atoms with Crippen LogP contribution in [0, 0.1) is 0 Å². The van der Waals surface area contributed by atoms with Gasteiger partial charge in [-0.25, -0.2) is 4.79 Å². The minimum absolute atomic E-state index is 0.0573. The van der Waals surface area contributed by atoms with Gasteiger partial charge in [-0.05, 0) is 48.4 Å². The molecule has 1 aromatic carbocycles. The Morgan fingerprint density at radius 3 is 2.59 bits per heavy atom. The van der Waals surface area contributed by atoms with Crippen molar-refractivity contribution in [1.29, 1.82) is 0 Å². The van der Waals surface area contributed by atoms with Crippen LogP contribution in [0.3, 0.4) is 0 Å². The SMILES string of the molecule is CCc1cccc2c(C3CCN(C(=O)c4ccc(C(=O)O)s4)CC3)c[nH]c12. The van der Waals surface area contributed by atoms with E-state index in [0.717, 1.165) is 30.6 Å². The van der Waals surface area contributed by atoms with E-state index in [4.69, 9.17) is 5.11 Å². The largest absolute Gasteiger partial charge is 0.477 e. The number of amides is 1. The van der Waals surface area contributed by atoms with Crippen LogP contribution in [0.1, 0.15) is 56.2 Å². The van der Waals surface area contributed by atoms with Crippen LogP contribution in [0.5, 0.6) is 0 Å². The van der Waals surface area contributed by atoms with Crippen LogP contribution in [0.25, 0.3) is 10.9 Å². The number of carboxylic acids is 1. The van der Waals surface area contributed by atoms with Crippen molar-refractivity contribution >= 4 is 34.1 Å². The van der Waals surface area contributed by atoms with Crippen molar-refractivity contribution in [2.75, 3.05) is 13.1 Å². The first kappa shape index (κ1) is 17.8. The number of carbonyl (C=O) groups excluding carboxylic acids is 1. The average molecular weight is 382 g/mol. The number of para-hydroxylation sites is 1. The normalized spacial score (nSPS) is 15.4. The van der Waals surface area contributed by atoms with Gasteiger partial charge < -0.3 is 15.0 Å². The Bertz CT molecular complexity index is 996. The van der Waals surface area contributed by atoms with Crippen molar-refractivity contribution in [3.63, 3.8) is 0 Å². The topological polar surface area (TPSA) is 73.4 Å². The van der Waals surface area contributed by atoms with Gasteiger partial charge in [0.1, 0.15) is 4.88 Å². The maximum Gasteiger partial charge on any atom is 0.345 e. The lowest BCUT2D eigenvalue weighted by Crippen LogP contribution is -2.37. The van der Waals surface area contributed by atoms with E-state index in [-0.39, 0.29) is 10.8 Å². The lowest BCUT2D eigenvalue weighted by molar-refractivity contribution is 0.0699. The van der Waals surface area contributed by atoms with Crippen molar-refractivity contribution in [2.45, 2.75) is 32.1 Å². The minimum Gasteiger partial charge on any atom is -0.477 e. The number of aromatic carboxylic acids is 1. The molecule has 6 heteroatoms. The van der Waals surface area contributed by atoms with Gasteiger partial charge in [0, 0.05) is 30.2 Å². The third kappa shape index (κ3) is 3.25. The zero-order valence-corrected chi connectivity index (χ0v) is 16.0. The van der Waals surface area contributed by atoms with E-state index in [1.807, 2.05) is 4.90 Å². The Balaban J connectivity index is 1.47. The lowest BCUT2D eigenvalue weighted by Gasteiger charge is -2.31. The Hall–Kier alpha value is -2.60. The minimum atomic E-state index is -0.983. The molecule has 0 bridgehead atoms. The summed E-state index contributed by atoms with van der Waals surface area (Å²) >= 11 is 1.05. The summed E-state index contributed by atoms with van der Waals surface area (Å²) in [4.78, 5) is 29.7. The van der Waals surface area contributed by atoms with E-state index >= 15 is 0 Å². The van der Waals surface area contributed by atoms with Gasteiger partial charge in [0.05, 0.1) is 4.88 Å². The van der Waals surface area contributed by atoms with E-state index in [0.29, 0.717) is 23.9 Å². The van der Waals surface area contributed by atoms with E-state index in [2.05, 4.69) is 36.3 Å². The first-order chi connectivity index (χ1) is 13.1. The molecule has 1 aliphatic rings. The molecule has 5 nitrogen and oxygen atoms in total. The monoisotopic (exact) mass is 382 g/mol. The van der Waals surface area contributed by atoms with Crippen LogP contribution in [0.15, 0.2) is 36.5 Å². The van der Waals surface area contributed by atoms with Gasteiger partial charge >= 0.3 is 5.97 Å². The van der Waals surface area contributed by atoms with Crippen LogP contribution < -0.4 is 0 Å². The maximum absolute atomic E-state index is 12.7. The highest BCUT2D eigenvalue weighted by molar-refractivity contribution is 7.15. The summed E-state index contributed by atoms with van der Waals surface area (Å²) in [6.45, 7) is 3.56. The van der Waals surface area contributed by atoms with Crippen molar-refractivity contribution < 1.29 is 14.7 Å². The number of carboxylic acid groups (broad SMARTS) is 1. The van der Waals surface area contributed by atoms with E-state index in [1.165, 1.54) is 28.1 Å². The molecule has 0 saturated carbocycles. The third-order valence-electron chi connectivity index (χ3n) is 5.46. The second kappa shape index (κ2) is 7.19. The van der Waals surface area contributed by atoms with Gasteiger partial charge in [-0.15, -0.1) is 11.3 Å². The van der Waals surface area contributed by atoms with Gasteiger partial charge in [0.15, 0.2) is 0 Å². The fourth-order valence-electron chi connectivity index (χ4n) is 3.99. The van der Waals surface area contributed by atoms with E-state index in [1.54, 1.807) is 6.07 Å². The number of nitrogens with zero attached hydrogens (tertiary/aromatic N) is 1. The summed E-state index contributed by atoms with van der Waals surface area (Å²) in [5, 5.41) is 10.3. The smallest absolute Gasteiger partial charge is 0.345 e. The number of aryl methyl sites for hydroxylation is 1. The molecule has 0 aliphatic carbocycles. The second-order valence-electron chi connectivity index (χ2n) is 6.97. The van der Waals surface area contributed by atoms with E-state index in [9.17, 15) is 9.59 Å². The van der Waals surface area contributed by atoms with Gasteiger partial charge in [-0.1, -0.05) is 25.1 Å². The standard InChI is InChI=1S/C21H22N2O3S/c1-2-13-4-3-5-15-16(12-22-19(13)15)14-8-10-23(11-9-14)20(24)17-6-7-18(27-17)21(25)26/h3-7,12,14,22H,2,8-11H2,1H3,(H,25,26). The van der Waals surface area contributed by atoms with Crippen LogP contribution in [-0.4, -0.2) is 40.0 Å². The van der Waals surface area contributed by atoms with Crippen LogP contribution in [-0.2, 0) is 6.42 Å². The molecule has 0 unspecified atom stereocenters. The van der Waals surface area contributed by atoms with Crippen molar-refractivity contribution in [1.82, 2.24) is 9.88 Å². The zero-order chi connectivity index (χ0) is 19.0. The number of thiophene rings is 1. The molecule has 140 valence electrons. The number of aromatic nitrogens is 1. The number of likely N-dealkylation sites (tertiary alicyclic amines) is 1. The predicted octanol–water partition coefficient (Wildman–Crippen LogP) is 4.51. The second-order valence-corrected chi connectivity index (χ2v) is 8.06. The molecule has 2 N–H and O–H groups in total. The molecule has 1 saturated heterocycles. The number of piperidine rings is 1. The first-order valence-corrected chi connectivity index (χ1v) is 10.1. The lowest BCUT2D eigenvalue weighted by atomic mass is 9.88. The Morgan fingerprint density at radius 2 is 1.93 bits per heavy atom. The molecule has 0 radical (unpaired) electrons. The first-order valence-electron chi connectivity index (χ1n) is 9.29. The highest BCUT2D eigenvalue weighted by Gasteiger charge is 2.27. The summed E-state index contributed by atoms with van der Waals surface area (Å²) in [5.41, 5.74) is 3.91. The number of aromatic amines is 1. The number of fused-ring (bicyclic) bond motifs is 1.